The summed E-state index contributed by atoms with van der Waals surface area (Å²) in [6.45, 7) is 2.31. The number of ether oxygens (including phenoxy) is 2. The van der Waals surface area contributed by atoms with Crippen molar-refractivity contribution in [2.45, 2.75) is 187 Å². The molecule has 0 saturated carbocycles. The lowest BCUT2D eigenvalue weighted by molar-refractivity contribution is -0.161. The largest absolute Gasteiger partial charge is 0.472 e. The van der Waals surface area contributed by atoms with E-state index in [1.54, 1.807) is 0 Å². The highest BCUT2D eigenvalue weighted by molar-refractivity contribution is 7.47. The quantitative estimate of drug-likeness (QED) is 0.0240. The second-order valence-corrected chi connectivity index (χ2v) is 15.1. The van der Waals surface area contributed by atoms with E-state index in [-0.39, 0.29) is 19.4 Å². The number of hydrogen-bond acceptors (Lipinski definition) is 9. The number of hydrogen-bond donors (Lipinski definition) is 3. The van der Waals surface area contributed by atoms with Crippen molar-refractivity contribution in [3.8, 4) is 0 Å². The summed E-state index contributed by atoms with van der Waals surface area (Å²) in [5.74, 6) is -0.951. The molecule has 0 aromatic carbocycles. The lowest BCUT2D eigenvalue weighted by Crippen LogP contribution is -2.29. The molecule has 0 aliphatic heterocycles. The highest BCUT2D eigenvalue weighted by Crippen LogP contribution is 2.43. The lowest BCUT2D eigenvalue weighted by Gasteiger charge is -2.20. The van der Waals surface area contributed by atoms with Crippen molar-refractivity contribution >= 4 is 19.8 Å². The van der Waals surface area contributed by atoms with Crippen LogP contribution in [0.4, 0.5) is 0 Å². The number of phosphoric acid groups is 1. The Morgan fingerprint density at radius 2 is 1.00 bits per heavy atom. The van der Waals surface area contributed by atoms with Crippen molar-refractivity contribution in [3.63, 3.8) is 0 Å². The van der Waals surface area contributed by atoms with Crippen LogP contribution in [0.25, 0.3) is 0 Å². The summed E-state index contributed by atoms with van der Waals surface area (Å²) in [5.41, 5.74) is 0. The zero-order valence-corrected chi connectivity index (χ0v) is 33.7. The molecule has 0 fully saturated rings. The monoisotopic (exact) mass is 759 g/mol. The molecule has 1 unspecified atom stereocenters. The number of aliphatic hydroxyl groups excluding tert-OH is 2. The second kappa shape index (κ2) is 37.5. The maximum atomic E-state index is 12.6. The number of allylic oxidation sites excluding steroid dienone is 6. The van der Waals surface area contributed by atoms with Crippen molar-refractivity contribution in [2.24, 2.45) is 0 Å². The van der Waals surface area contributed by atoms with Gasteiger partial charge in [0.05, 0.1) is 19.8 Å². The molecule has 0 spiro atoms. The molecule has 3 N–H and O–H groups in total. The summed E-state index contributed by atoms with van der Waals surface area (Å²) in [4.78, 5) is 34.9. The van der Waals surface area contributed by atoms with E-state index in [0.717, 1.165) is 83.5 Å². The summed E-state index contributed by atoms with van der Waals surface area (Å²) in [6.07, 6.45) is 36.8. The normalized spacial score (nSPS) is 14.3. The zero-order chi connectivity index (χ0) is 38.4. The van der Waals surface area contributed by atoms with Crippen molar-refractivity contribution in [2.75, 3.05) is 26.4 Å². The van der Waals surface area contributed by atoms with Gasteiger partial charge in [-0.2, -0.15) is 0 Å². The number of phosphoric ester groups is 1. The Labute approximate surface area is 316 Å². The Bertz CT molecular complexity index is 967. The van der Waals surface area contributed by atoms with E-state index in [0.29, 0.717) is 12.8 Å². The van der Waals surface area contributed by atoms with E-state index >= 15 is 0 Å². The average molecular weight is 759 g/mol. The van der Waals surface area contributed by atoms with Crippen molar-refractivity contribution in [1.82, 2.24) is 0 Å². The SMILES string of the molecule is CCCCC/C=C\C/C=C\CCCCCCCC(=O)O[C@H](COC(=O)CCCCCCC/C=C\CCCCCCC)COP(=O)(O)OC[C@@H](O)CO. The van der Waals surface area contributed by atoms with E-state index < -0.39 is 51.8 Å². The molecule has 0 aromatic heterocycles. The summed E-state index contributed by atoms with van der Waals surface area (Å²) in [6, 6.07) is 0. The minimum Gasteiger partial charge on any atom is -0.462 e. The third-order valence-electron chi connectivity index (χ3n) is 8.52. The third kappa shape index (κ3) is 36.5. The molecule has 11 heteroatoms. The van der Waals surface area contributed by atoms with Gasteiger partial charge in [0.15, 0.2) is 6.10 Å². The first-order valence-electron chi connectivity index (χ1n) is 20.4. The predicted octanol–water partition coefficient (Wildman–Crippen LogP) is 10.4. The fourth-order valence-corrected chi connectivity index (χ4v) is 6.10. The Kier molecular flexibility index (Phi) is 36.2. The van der Waals surface area contributed by atoms with Gasteiger partial charge in [-0.25, -0.2) is 4.57 Å². The van der Waals surface area contributed by atoms with Crippen LogP contribution < -0.4 is 0 Å². The topological polar surface area (TPSA) is 149 Å². The Hall–Kier alpha value is -1.81. The Morgan fingerprint density at radius 3 is 1.54 bits per heavy atom. The standard InChI is InChI=1S/C41H75O10P/c1-3-5-7-9-11-13-15-17-19-21-23-25-27-29-31-33-41(45)51-39(37-50-52(46,47)49-35-38(43)34-42)36-48-40(44)32-30-28-26-24-22-20-18-16-14-12-10-8-6-4-2/h11,13,16-19,38-39,42-43H,3-10,12,14-15,20-37H2,1-2H3,(H,46,47)/b13-11-,18-16-,19-17-/t38-,39+/m0/s1. The molecule has 0 amide bonds. The Balaban J connectivity index is 4.37. The van der Waals surface area contributed by atoms with Gasteiger partial charge in [0.1, 0.15) is 12.7 Å². The van der Waals surface area contributed by atoms with Gasteiger partial charge in [0.2, 0.25) is 0 Å². The number of rotatable bonds is 38. The number of unbranched alkanes of at least 4 members (excludes halogenated alkanes) is 18. The fraction of sp³-hybridized carbons (Fsp3) is 0.805. The van der Waals surface area contributed by atoms with Gasteiger partial charge in [0.25, 0.3) is 0 Å². The van der Waals surface area contributed by atoms with Crippen LogP contribution >= 0.6 is 7.82 Å². The highest BCUT2D eigenvalue weighted by atomic mass is 31.2. The van der Waals surface area contributed by atoms with Gasteiger partial charge in [-0.1, -0.05) is 127 Å². The molecule has 0 heterocycles. The van der Waals surface area contributed by atoms with Gasteiger partial charge in [0, 0.05) is 12.8 Å². The molecule has 0 saturated heterocycles. The van der Waals surface area contributed by atoms with Gasteiger partial charge in [-0.05, 0) is 70.6 Å². The highest BCUT2D eigenvalue weighted by Gasteiger charge is 2.27. The van der Waals surface area contributed by atoms with Crippen LogP contribution in [0.3, 0.4) is 0 Å². The van der Waals surface area contributed by atoms with Crippen molar-refractivity contribution < 1.29 is 47.8 Å². The molecule has 0 aliphatic carbocycles. The first kappa shape index (κ1) is 50.2. The molecule has 0 rings (SSSR count). The van der Waals surface area contributed by atoms with E-state index in [4.69, 9.17) is 19.1 Å². The summed E-state index contributed by atoms with van der Waals surface area (Å²) in [7, 11) is -4.62. The molecular formula is C41H75O10P. The van der Waals surface area contributed by atoms with E-state index in [1.807, 2.05) is 0 Å². The molecule has 0 radical (unpaired) electrons. The van der Waals surface area contributed by atoms with Gasteiger partial charge >= 0.3 is 19.8 Å². The van der Waals surface area contributed by atoms with Crippen LogP contribution in [0.1, 0.15) is 174 Å². The molecular weight excluding hydrogens is 683 g/mol. The summed E-state index contributed by atoms with van der Waals surface area (Å²) >= 11 is 0. The van der Waals surface area contributed by atoms with Gasteiger partial charge in [-0.15, -0.1) is 0 Å². The Morgan fingerprint density at radius 1 is 0.577 bits per heavy atom. The minimum atomic E-state index is -4.62. The fourth-order valence-electron chi connectivity index (χ4n) is 5.31. The molecule has 0 bridgehead atoms. The summed E-state index contributed by atoms with van der Waals surface area (Å²) in [5, 5.41) is 18.3. The smallest absolute Gasteiger partial charge is 0.462 e. The first-order chi connectivity index (χ1) is 25.2. The summed E-state index contributed by atoms with van der Waals surface area (Å²) < 4.78 is 32.6. The van der Waals surface area contributed by atoms with Crippen LogP contribution in [0.2, 0.25) is 0 Å². The van der Waals surface area contributed by atoms with E-state index in [2.05, 4.69) is 54.8 Å². The molecule has 3 atom stereocenters. The van der Waals surface area contributed by atoms with Crippen LogP contribution in [0.5, 0.6) is 0 Å². The maximum Gasteiger partial charge on any atom is 0.472 e. The second-order valence-electron chi connectivity index (χ2n) is 13.7. The van der Waals surface area contributed by atoms with Gasteiger partial charge < -0.3 is 24.6 Å². The molecule has 0 aliphatic rings. The van der Waals surface area contributed by atoms with E-state index in [9.17, 15) is 24.2 Å². The van der Waals surface area contributed by atoms with Crippen molar-refractivity contribution in [3.05, 3.63) is 36.5 Å². The van der Waals surface area contributed by atoms with Crippen LogP contribution in [-0.2, 0) is 32.7 Å². The number of carbonyl (C=O) groups is 2. The molecule has 10 nitrogen and oxygen atoms in total. The van der Waals surface area contributed by atoms with Crippen LogP contribution in [0, 0.1) is 0 Å². The minimum absolute atomic E-state index is 0.166. The molecule has 0 aromatic rings. The lowest BCUT2D eigenvalue weighted by atomic mass is 10.1. The van der Waals surface area contributed by atoms with Gasteiger partial charge in [-0.3, -0.25) is 18.6 Å². The molecule has 304 valence electrons. The average Bonchev–Trinajstić information content (AvgIpc) is 3.13. The first-order valence-corrected chi connectivity index (χ1v) is 21.9. The third-order valence-corrected chi connectivity index (χ3v) is 9.47. The predicted molar refractivity (Wildman–Crippen MR) is 210 cm³/mol. The number of esters is 2. The zero-order valence-electron chi connectivity index (χ0n) is 32.8. The number of aliphatic hydroxyl groups is 2. The van der Waals surface area contributed by atoms with Crippen LogP contribution in [0.15, 0.2) is 36.5 Å². The van der Waals surface area contributed by atoms with Crippen molar-refractivity contribution in [1.29, 1.82) is 0 Å². The van der Waals surface area contributed by atoms with E-state index in [1.165, 1.54) is 51.4 Å². The molecule has 52 heavy (non-hydrogen) atoms. The number of carbonyl (C=O) groups excluding carboxylic acids is 2. The maximum absolute atomic E-state index is 12.6. The van der Waals surface area contributed by atoms with Crippen LogP contribution in [-0.4, -0.2) is 65.7 Å².